The molecule has 1 N–H and O–H groups in total. The molecule has 0 atom stereocenters. The smallest absolute Gasteiger partial charge is 0.0715 e. The highest BCUT2D eigenvalue weighted by molar-refractivity contribution is 5.17. The standard InChI is InChI=1S/C9H16N2O/c1-4-9-8(6-12)5-10-11(9)7(2)3/h5,7,12H,4,6H2,1-3H3. The van der Waals surface area contributed by atoms with Gasteiger partial charge in [0.1, 0.15) is 0 Å². The summed E-state index contributed by atoms with van der Waals surface area (Å²) >= 11 is 0. The Balaban J connectivity index is 3.05. The van der Waals surface area contributed by atoms with Crippen LogP contribution in [0.15, 0.2) is 6.20 Å². The number of aromatic nitrogens is 2. The van der Waals surface area contributed by atoms with Crippen LogP contribution in [0.4, 0.5) is 0 Å². The van der Waals surface area contributed by atoms with Crippen molar-refractivity contribution in [1.82, 2.24) is 9.78 Å². The van der Waals surface area contributed by atoms with Gasteiger partial charge in [0.2, 0.25) is 0 Å². The van der Waals surface area contributed by atoms with Crippen LogP contribution in [0.1, 0.15) is 38.1 Å². The maximum atomic E-state index is 8.99. The maximum Gasteiger partial charge on any atom is 0.0715 e. The van der Waals surface area contributed by atoms with Crippen LogP contribution in [-0.4, -0.2) is 14.9 Å². The molecule has 0 aliphatic rings. The van der Waals surface area contributed by atoms with Crippen molar-refractivity contribution in [3.8, 4) is 0 Å². The van der Waals surface area contributed by atoms with Gasteiger partial charge in [0, 0.05) is 17.3 Å². The second-order valence-corrected chi connectivity index (χ2v) is 3.17. The van der Waals surface area contributed by atoms with Gasteiger partial charge in [0.25, 0.3) is 0 Å². The summed E-state index contributed by atoms with van der Waals surface area (Å²) < 4.78 is 1.96. The molecule has 1 rings (SSSR count). The van der Waals surface area contributed by atoms with E-state index in [4.69, 9.17) is 5.11 Å². The summed E-state index contributed by atoms with van der Waals surface area (Å²) in [7, 11) is 0. The molecule has 0 spiro atoms. The summed E-state index contributed by atoms with van der Waals surface area (Å²) in [5.41, 5.74) is 2.10. The molecule has 12 heavy (non-hydrogen) atoms. The molecule has 3 nitrogen and oxygen atoms in total. The lowest BCUT2D eigenvalue weighted by molar-refractivity contribution is 0.280. The summed E-state index contributed by atoms with van der Waals surface area (Å²) in [6.07, 6.45) is 2.67. The molecule has 0 aromatic carbocycles. The third-order valence-corrected chi connectivity index (χ3v) is 1.98. The van der Waals surface area contributed by atoms with Gasteiger partial charge in [-0.2, -0.15) is 5.10 Å². The molecule has 0 fully saturated rings. The Labute approximate surface area is 73.0 Å². The first-order chi connectivity index (χ1) is 5.70. The Morgan fingerprint density at radius 2 is 2.25 bits per heavy atom. The van der Waals surface area contributed by atoms with E-state index < -0.39 is 0 Å². The monoisotopic (exact) mass is 168 g/mol. The van der Waals surface area contributed by atoms with Crippen LogP contribution in [0.25, 0.3) is 0 Å². The Bertz CT molecular complexity index is 253. The second kappa shape index (κ2) is 3.72. The van der Waals surface area contributed by atoms with Gasteiger partial charge in [0.05, 0.1) is 12.8 Å². The molecular formula is C9H16N2O. The number of aliphatic hydroxyl groups is 1. The average molecular weight is 168 g/mol. The van der Waals surface area contributed by atoms with Crippen LogP contribution in [0.3, 0.4) is 0 Å². The topological polar surface area (TPSA) is 38.1 Å². The Morgan fingerprint density at radius 1 is 1.58 bits per heavy atom. The van der Waals surface area contributed by atoms with Crippen LogP contribution in [-0.2, 0) is 13.0 Å². The van der Waals surface area contributed by atoms with Gasteiger partial charge in [-0.1, -0.05) is 6.92 Å². The van der Waals surface area contributed by atoms with E-state index >= 15 is 0 Å². The zero-order valence-electron chi connectivity index (χ0n) is 7.91. The van der Waals surface area contributed by atoms with Crippen LogP contribution in [0.5, 0.6) is 0 Å². The fourth-order valence-electron chi connectivity index (χ4n) is 1.39. The molecule has 0 radical (unpaired) electrons. The van der Waals surface area contributed by atoms with Gasteiger partial charge >= 0.3 is 0 Å². The first kappa shape index (κ1) is 9.26. The first-order valence-electron chi connectivity index (χ1n) is 4.36. The van der Waals surface area contributed by atoms with Crippen molar-refractivity contribution in [3.63, 3.8) is 0 Å². The minimum atomic E-state index is 0.0931. The van der Waals surface area contributed by atoms with Crippen molar-refractivity contribution in [2.24, 2.45) is 0 Å². The number of hydrogen-bond acceptors (Lipinski definition) is 2. The van der Waals surface area contributed by atoms with E-state index in [1.807, 2.05) is 4.68 Å². The van der Waals surface area contributed by atoms with E-state index in [9.17, 15) is 0 Å². The summed E-state index contributed by atoms with van der Waals surface area (Å²) in [6, 6.07) is 0.375. The van der Waals surface area contributed by atoms with Crippen LogP contribution < -0.4 is 0 Å². The van der Waals surface area contributed by atoms with Crippen LogP contribution >= 0.6 is 0 Å². The molecule has 0 bridgehead atoms. The fourth-order valence-corrected chi connectivity index (χ4v) is 1.39. The lowest BCUT2D eigenvalue weighted by atomic mass is 10.2. The molecule has 1 aromatic rings. The maximum absolute atomic E-state index is 8.99. The third kappa shape index (κ3) is 1.50. The highest BCUT2D eigenvalue weighted by Gasteiger charge is 2.09. The molecule has 68 valence electrons. The highest BCUT2D eigenvalue weighted by Crippen LogP contribution is 2.14. The number of rotatable bonds is 3. The van der Waals surface area contributed by atoms with Gasteiger partial charge < -0.3 is 5.11 Å². The fraction of sp³-hybridized carbons (Fsp3) is 0.667. The van der Waals surface area contributed by atoms with Crippen molar-refractivity contribution in [3.05, 3.63) is 17.5 Å². The molecule has 0 unspecified atom stereocenters. The van der Waals surface area contributed by atoms with E-state index in [1.54, 1.807) is 6.20 Å². The SMILES string of the molecule is CCc1c(CO)cnn1C(C)C. The van der Waals surface area contributed by atoms with E-state index in [2.05, 4.69) is 25.9 Å². The van der Waals surface area contributed by atoms with Crippen molar-refractivity contribution < 1.29 is 5.11 Å². The highest BCUT2D eigenvalue weighted by atomic mass is 16.3. The second-order valence-electron chi connectivity index (χ2n) is 3.17. The zero-order chi connectivity index (χ0) is 9.14. The molecule has 0 saturated heterocycles. The molecular weight excluding hydrogens is 152 g/mol. The Hall–Kier alpha value is -0.830. The molecule has 1 aromatic heterocycles. The van der Waals surface area contributed by atoms with Crippen LogP contribution in [0.2, 0.25) is 0 Å². The molecule has 0 saturated carbocycles. The van der Waals surface area contributed by atoms with E-state index in [0.717, 1.165) is 17.7 Å². The summed E-state index contributed by atoms with van der Waals surface area (Å²) in [6.45, 7) is 6.35. The average Bonchev–Trinajstić information content (AvgIpc) is 2.46. The molecule has 0 aliphatic carbocycles. The van der Waals surface area contributed by atoms with Crippen molar-refractivity contribution in [2.75, 3.05) is 0 Å². The Morgan fingerprint density at radius 3 is 2.67 bits per heavy atom. The predicted molar refractivity (Wildman–Crippen MR) is 47.9 cm³/mol. The minimum absolute atomic E-state index is 0.0931. The predicted octanol–water partition coefficient (Wildman–Crippen LogP) is 1.52. The van der Waals surface area contributed by atoms with Crippen molar-refractivity contribution >= 4 is 0 Å². The minimum Gasteiger partial charge on any atom is -0.392 e. The molecule has 1 heterocycles. The van der Waals surface area contributed by atoms with E-state index in [0.29, 0.717) is 6.04 Å². The largest absolute Gasteiger partial charge is 0.392 e. The first-order valence-corrected chi connectivity index (χ1v) is 4.36. The lowest BCUT2D eigenvalue weighted by Crippen LogP contribution is -2.07. The molecule has 3 heteroatoms. The summed E-state index contributed by atoms with van der Waals surface area (Å²) in [5.74, 6) is 0. The van der Waals surface area contributed by atoms with Crippen molar-refractivity contribution in [1.29, 1.82) is 0 Å². The quantitative estimate of drug-likeness (QED) is 0.743. The van der Waals surface area contributed by atoms with Gasteiger partial charge in [-0.15, -0.1) is 0 Å². The normalized spacial score (nSPS) is 11.1. The Kier molecular flexibility index (Phi) is 2.87. The third-order valence-electron chi connectivity index (χ3n) is 1.98. The van der Waals surface area contributed by atoms with E-state index in [1.165, 1.54) is 0 Å². The number of hydrogen-bond donors (Lipinski definition) is 1. The van der Waals surface area contributed by atoms with E-state index in [-0.39, 0.29) is 6.61 Å². The summed E-state index contributed by atoms with van der Waals surface area (Å²) in [5, 5.41) is 13.2. The van der Waals surface area contributed by atoms with Crippen molar-refractivity contribution in [2.45, 2.75) is 39.8 Å². The van der Waals surface area contributed by atoms with Gasteiger partial charge in [0.15, 0.2) is 0 Å². The lowest BCUT2D eigenvalue weighted by Gasteiger charge is -2.10. The van der Waals surface area contributed by atoms with Gasteiger partial charge in [-0.05, 0) is 20.3 Å². The van der Waals surface area contributed by atoms with Gasteiger partial charge in [-0.25, -0.2) is 0 Å². The number of aliphatic hydroxyl groups excluding tert-OH is 1. The summed E-state index contributed by atoms with van der Waals surface area (Å²) in [4.78, 5) is 0. The van der Waals surface area contributed by atoms with Crippen LogP contribution in [0, 0.1) is 0 Å². The zero-order valence-corrected chi connectivity index (χ0v) is 7.91. The molecule has 0 amide bonds. The number of nitrogens with zero attached hydrogens (tertiary/aromatic N) is 2. The van der Waals surface area contributed by atoms with Gasteiger partial charge in [-0.3, -0.25) is 4.68 Å². The molecule has 0 aliphatic heterocycles.